The molecule has 0 unspecified atom stereocenters. The van der Waals surface area contributed by atoms with Crippen molar-refractivity contribution in [1.29, 1.82) is 0 Å². The Hall–Kier alpha value is -1.75. The van der Waals surface area contributed by atoms with Crippen LogP contribution in [0, 0.1) is 11.8 Å². The van der Waals surface area contributed by atoms with Gasteiger partial charge in [-0.05, 0) is 24.1 Å². The predicted octanol–water partition coefficient (Wildman–Crippen LogP) is 1.71. The van der Waals surface area contributed by atoms with Crippen molar-refractivity contribution in [3.8, 4) is 0 Å². The number of amides is 1. The van der Waals surface area contributed by atoms with E-state index < -0.39 is 11.9 Å². The van der Waals surface area contributed by atoms with Crippen molar-refractivity contribution in [2.45, 2.75) is 6.92 Å². The number of nitrogen functional groups attached to an aromatic ring is 1. The number of nitrogens with two attached hydrogens (primary N) is 1. The van der Waals surface area contributed by atoms with Gasteiger partial charge >= 0.3 is 5.97 Å². The van der Waals surface area contributed by atoms with Crippen LogP contribution in [0.3, 0.4) is 0 Å². The number of aliphatic carboxylic acids is 1. The number of carbonyl (C=O) groups is 2. The van der Waals surface area contributed by atoms with Crippen LogP contribution in [-0.4, -0.2) is 35.0 Å². The van der Waals surface area contributed by atoms with Crippen LogP contribution in [0.25, 0.3) is 0 Å². The van der Waals surface area contributed by atoms with E-state index in [1.165, 1.54) is 6.07 Å². The first-order chi connectivity index (χ1) is 8.90. The Morgan fingerprint density at radius 1 is 1.42 bits per heavy atom. The van der Waals surface area contributed by atoms with Crippen LogP contribution in [0.2, 0.25) is 5.02 Å². The number of carboxylic acid groups (broad SMARTS) is 1. The third-order valence-electron chi connectivity index (χ3n) is 3.46. The van der Waals surface area contributed by atoms with E-state index in [9.17, 15) is 9.59 Å². The standard InChI is InChI=1S/C13H15ClN2O3/c1-7-5-16(6-9(7)13(18)19)12(17)8-2-3-11(15)10(14)4-8/h2-4,7,9H,5-6,15H2,1H3,(H,18,19)/t7-,9-/m1/s1. The summed E-state index contributed by atoms with van der Waals surface area (Å²) in [5.41, 5.74) is 6.43. The van der Waals surface area contributed by atoms with Gasteiger partial charge in [0, 0.05) is 18.7 Å². The van der Waals surface area contributed by atoms with Crippen LogP contribution in [-0.2, 0) is 4.79 Å². The van der Waals surface area contributed by atoms with E-state index in [2.05, 4.69) is 0 Å². The van der Waals surface area contributed by atoms with Gasteiger partial charge in [0.25, 0.3) is 5.91 Å². The second-order valence-electron chi connectivity index (χ2n) is 4.87. The smallest absolute Gasteiger partial charge is 0.308 e. The number of likely N-dealkylation sites (tertiary alicyclic amines) is 1. The summed E-state index contributed by atoms with van der Waals surface area (Å²) in [5.74, 6) is -1.63. The molecule has 2 rings (SSSR count). The zero-order valence-electron chi connectivity index (χ0n) is 10.5. The van der Waals surface area contributed by atoms with Crippen LogP contribution in [0.1, 0.15) is 17.3 Å². The highest BCUT2D eigenvalue weighted by atomic mass is 35.5. The molecule has 2 atom stereocenters. The van der Waals surface area contributed by atoms with Gasteiger partial charge in [-0.3, -0.25) is 9.59 Å². The first kappa shape index (κ1) is 13.7. The van der Waals surface area contributed by atoms with Crippen LogP contribution in [0.15, 0.2) is 18.2 Å². The monoisotopic (exact) mass is 282 g/mol. The van der Waals surface area contributed by atoms with Gasteiger partial charge in [0.1, 0.15) is 0 Å². The molecular weight excluding hydrogens is 268 g/mol. The fraction of sp³-hybridized carbons (Fsp3) is 0.385. The molecule has 1 amide bonds. The zero-order chi connectivity index (χ0) is 14.2. The van der Waals surface area contributed by atoms with Crippen LogP contribution in [0.5, 0.6) is 0 Å². The van der Waals surface area contributed by atoms with Crippen molar-refractivity contribution in [3.63, 3.8) is 0 Å². The molecule has 0 bridgehead atoms. The molecule has 0 aromatic heterocycles. The summed E-state index contributed by atoms with van der Waals surface area (Å²) in [6.07, 6.45) is 0. The molecule has 1 heterocycles. The third-order valence-corrected chi connectivity index (χ3v) is 3.79. The van der Waals surface area contributed by atoms with Crippen LogP contribution >= 0.6 is 11.6 Å². The summed E-state index contributed by atoms with van der Waals surface area (Å²) < 4.78 is 0. The second-order valence-corrected chi connectivity index (χ2v) is 5.28. The molecule has 1 aromatic carbocycles. The maximum absolute atomic E-state index is 12.3. The lowest BCUT2D eigenvalue weighted by Gasteiger charge is -2.16. The maximum Gasteiger partial charge on any atom is 0.308 e. The lowest BCUT2D eigenvalue weighted by molar-refractivity contribution is -0.142. The van der Waals surface area contributed by atoms with Crippen LogP contribution < -0.4 is 5.73 Å². The van der Waals surface area contributed by atoms with Gasteiger partial charge in [0.2, 0.25) is 0 Å². The number of anilines is 1. The van der Waals surface area contributed by atoms with E-state index in [1.54, 1.807) is 17.0 Å². The molecule has 1 aliphatic rings. The summed E-state index contributed by atoms with van der Waals surface area (Å²) in [7, 11) is 0. The molecule has 0 saturated carbocycles. The number of rotatable bonds is 2. The number of hydrogen-bond acceptors (Lipinski definition) is 3. The highest BCUT2D eigenvalue weighted by Crippen LogP contribution is 2.26. The lowest BCUT2D eigenvalue weighted by Crippen LogP contribution is -2.29. The number of nitrogens with zero attached hydrogens (tertiary/aromatic N) is 1. The van der Waals surface area contributed by atoms with Crippen molar-refractivity contribution in [3.05, 3.63) is 28.8 Å². The van der Waals surface area contributed by atoms with E-state index in [-0.39, 0.29) is 18.4 Å². The molecular formula is C13H15ClN2O3. The molecule has 6 heteroatoms. The quantitative estimate of drug-likeness (QED) is 0.809. The SMILES string of the molecule is C[C@@H]1CN(C(=O)c2ccc(N)c(Cl)c2)C[C@H]1C(=O)O. The molecule has 102 valence electrons. The molecule has 1 fully saturated rings. The normalized spacial score (nSPS) is 22.5. The topological polar surface area (TPSA) is 83.6 Å². The fourth-order valence-electron chi connectivity index (χ4n) is 2.30. The molecule has 1 saturated heterocycles. The largest absolute Gasteiger partial charge is 0.481 e. The van der Waals surface area contributed by atoms with E-state index in [4.69, 9.17) is 22.4 Å². The Kier molecular flexibility index (Phi) is 3.66. The summed E-state index contributed by atoms with van der Waals surface area (Å²) >= 11 is 5.88. The maximum atomic E-state index is 12.3. The van der Waals surface area contributed by atoms with Crippen molar-refractivity contribution in [1.82, 2.24) is 4.90 Å². The Labute approximate surface area is 116 Å². The van der Waals surface area contributed by atoms with Gasteiger partial charge in [-0.1, -0.05) is 18.5 Å². The van der Waals surface area contributed by atoms with E-state index >= 15 is 0 Å². The van der Waals surface area contributed by atoms with E-state index in [0.717, 1.165) is 0 Å². The summed E-state index contributed by atoms with van der Waals surface area (Å²) in [5, 5.41) is 9.39. The number of halogens is 1. The fourth-order valence-corrected chi connectivity index (χ4v) is 2.48. The van der Waals surface area contributed by atoms with Gasteiger partial charge in [0.15, 0.2) is 0 Å². The summed E-state index contributed by atoms with van der Waals surface area (Å²) in [4.78, 5) is 24.8. The van der Waals surface area contributed by atoms with Crippen molar-refractivity contribution in [2.75, 3.05) is 18.8 Å². The molecule has 0 aliphatic carbocycles. The molecule has 19 heavy (non-hydrogen) atoms. The third kappa shape index (κ3) is 2.66. The zero-order valence-corrected chi connectivity index (χ0v) is 11.2. The molecule has 3 N–H and O–H groups in total. The number of carbonyl (C=O) groups excluding carboxylic acids is 1. The number of carboxylic acids is 1. The Morgan fingerprint density at radius 2 is 2.11 bits per heavy atom. The Bertz CT molecular complexity index is 533. The highest BCUT2D eigenvalue weighted by molar-refractivity contribution is 6.33. The average Bonchev–Trinajstić information content (AvgIpc) is 2.74. The van der Waals surface area contributed by atoms with Crippen molar-refractivity contribution < 1.29 is 14.7 Å². The van der Waals surface area contributed by atoms with E-state index in [0.29, 0.717) is 22.8 Å². The molecule has 5 nitrogen and oxygen atoms in total. The molecule has 1 aromatic rings. The van der Waals surface area contributed by atoms with Crippen molar-refractivity contribution in [2.24, 2.45) is 11.8 Å². The lowest BCUT2D eigenvalue weighted by atomic mass is 9.99. The average molecular weight is 283 g/mol. The first-order valence-electron chi connectivity index (χ1n) is 5.97. The first-order valence-corrected chi connectivity index (χ1v) is 6.35. The highest BCUT2D eigenvalue weighted by Gasteiger charge is 2.37. The summed E-state index contributed by atoms with van der Waals surface area (Å²) in [6, 6.07) is 4.68. The minimum absolute atomic E-state index is 0.0503. The van der Waals surface area contributed by atoms with Gasteiger partial charge in [-0.25, -0.2) is 0 Å². The Morgan fingerprint density at radius 3 is 2.63 bits per heavy atom. The van der Waals surface area contributed by atoms with Crippen LogP contribution in [0.4, 0.5) is 5.69 Å². The van der Waals surface area contributed by atoms with Crippen molar-refractivity contribution >= 4 is 29.2 Å². The molecule has 1 aliphatic heterocycles. The number of benzene rings is 1. The minimum atomic E-state index is -0.863. The van der Waals surface area contributed by atoms with Gasteiger partial charge in [0.05, 0.1) is 16.6 Å². The van der Waals surface area contributed by atoms with Gasteiger partial charge in [-0.15, -0.1) is 0 Å². The number of hydrogen-bond donors (Lipinski definition) is 2. The minimum Gasteiger partial charge on any atom is -0.481 e. The Balaban J connectivity index is 2.17. The molecule has 0 spiro atoms. The van der Waals surface area contributed by atoms with E-state index in [1.807, 2.05) is 6.92 Å². The van der Waals surface area contributed by atoms with Gasteiger partial charge < -0.3 is 15.7 Å². The molecule has 0 radical (unpaired) electrons. The summed E-state index contributed by atoms with van der Waals surface area (Å²) in [6.45, 7) is 2.51. The van der Waals surface area contributed by atoms with Gasteiger partial charge in [-0.2, -0.15) is 0 Å². The predicted molar refractivity (Wildman–Crippen MR) is 72.1 cm³/mol. The second kappa shape index (κ2) is 5.09.